The summed E-state index contributed by atoms with van der Waals surface area (Å²) in [5.74, 6) is 4.71. The van der Waals surface area contributed by atoms with E-state index in [0.29, 0.717) is 0 Å². The smallest absolute Gasteiger partial charge is 0.0647 e. The molecule has 2 nitrogen and oxygen atoms in total. The molecule has 7 rings (SSSR count). The number of benzene rings is 2. The second-order valence-corrected chi connectivity index (χ2v) is 8.60. The Hall–Kier alpha value is -1.96. The molecule has 2 aromatic rings. The fourth-order valence-electron chi connectivity index (χ4n) is 6.00. The Morgan fingerprint density at radius 2 is 1.00 bits per heavy atom. The van der Waals surface area contributed by atoms with Crippen molar-refractivity contribution >= 4 is 22.7 Å². The van der Waals surface area contributed by atoms with Crippen LogP contribution in [0.25, 0.3) is 0 Å². The lowest BCUT2D eigenvalue weighted by Gasteiger charge is -2.49. The first-order valence-corrected chi connectivity index (χ1v) is 9.95. The lowest BCUT2D eigenvalue weighted by molar-refractivity contribution is 0.0198. The maximum atomic E-state index is 3.43. The summed E-state index contributed by atoms with van der Waals surface area (Å²) in [6, 6.07) is 16.7. The van der Waals surface area contributed by atoms with Crippen LogP contribution in [0.1, 0.15) is 38.5 Å². The highest BCUT2D eigenvalue weighted by molar-refractivity contribution is 5.91. The molecule has 4 bridgehead atoms. The van der Waals surface area contributed by atoms with Gasteiger partial charge in [0, 0.05) is 7.05 Å². The summed E-state index contributed by atoms with van der Waals surface area (Å²) >= 11 is 0. The van der Waals surface area contributed by atoms with Gasteiger partial charge < -0.3 is 10.2 Å². The molecular weight excluding hydrogens is 304 g/mol. The number of nitrogens with zero attached hydrogens (tertiary/aromatic N) is 1. The monoisotopic (exact) mass is 332 g/mol. The maximum Gasteiger partial charge on any atom is 0.0647 e. The third kappa shape index (κ3) is 2.82. The molecule has 0 radical (unpaired) electrons. The van der Waals surface area contributed by atoms with E-state index in [4.69, 9.17) is 0 Å². The Morgan fingerprint density at radius 3 is 1.40 bits per heavy atom. The quantitative estimate of drug-likeness (QED) is 0.605. The zero-order valence-corrected chi connectivity index (χ0v) is 15.1. The normalized spacial score (nSPS) is 30.7. The number of anilines is 4. The van der Waals surface area contributed by atoms with E-state index in [0.717, 1.165) is 0 Å². The van der Waals surface area contributed by atoms with Crippen LogP contribution < -0.4 is 10.2 Å². The second kappa shape index (κ2) is 6.09. The van der Waals surface area contributed by atoms with Crippen LogP contribution in [0.5, 0.6) is 0 Å². The zero-order chi connectivity index (χ0) is 16.8. The molecule has 2 heteroatoms. The largest absolute Gasteiger partial charge is 0.352 e. The third-order valence-corrected chi connectivity index (χ3v) is 6.80. The lowest BCUT2D eigenvalue weighted by atomic mass is 9.56. The highest BCUT2D eigenvalue weighted by Crippen LogP contribution is 2.53. The van der Waals surface area contributed by atoms with E-state index < -0.39 is 0 Å². The topological polar surface area (TPSA) is 15.3 Å². The molecule has 0 amide bonds. The summed E-state index contributed by atoms with van der Waals surface area (Å²) in [5.41, 5.74) is 4.77. The van der Waals surface area contributed by atoms with Gasteiger partial charge in [0.1, 0.15) is 0 Å². The molecule has 4 fully saturated rings. The van der Waals surface area contributed by atoms with Crippen molar-refractivity contribution in [1.82, 2.24) is 0 Å². The lowest BCUT2D eigenvalue weighted by Crippen LogP contribution is -2.38. The van der Waals surface area contributed by atoms with E-state index in [1.54, 1.807) is 38.5 Å². The van der Waals surface area contributed by atoms with Gasteiger partial charge in [-0.25, -0.2) is 0 Å². The first-order valence-electron chi connectivity index (χ1n) is 9.95. The van der Waals surface area contributed by atoms with E-state index in [-0.39, 0.29) is 0 Å². The minimum atomic E-state index is 1.17. The molecule has 5 aliphatic rings. The van der Waals surface area contributed by atoms with Crippen molar-refractivity contribution in [2.45, 2.75) is 38.5 Å². The minimum Gasteiger partial charge on any atom is -0.352 e. The Labute approximate surface area is 151 Å². The Bertz CT molecular complexity index is 664. The Morgan fingerprint density at radius 1 is 0.640 bits per heavy atom. The second-order valence-electron chi connectivity index (χ2n) is 8.60. The van der Waals surface area contributed by atoms with E-state index in [1.807, 2.05) is 12.1 Å². The summed E-state index contributed by atoms with van der Waals surface area (Å²) in [6.07, 6.45) is 9.62. The van der Waals surface area contributed by atoms with Crippen molar-refractivity contribution in [2.75, 3.05) is 17.3 Å². The molecule has 0 atom stereocenters. The first kappa shape index (κ1) is 15.3. The highest BCUT2D eigenvalue weighted by atomic mass is 15.2. The van der Waals surface area contributed by atoms with Crippen molar-refractivity contribution in [3.05, 3.63) is 48.5 Å². The number of hydrogen-bond donors (Lipinski definition) is 1. The summed E-state index contributed by atoms with van der Waals surface area (Å²) in [7, 11) is 2.10. The van der Waals surface area contributed by atoms with Gasteiger partial charge in [-0.05, 0) is 86.5 Å². The van der Waals surface area contributed by atoms with Gasteiger partial charge in [0.05, 0.1) is 22.7 Å². The number of nitrogens with one attached hydrogen (secondary N) is 1. The van der Waals surface area contributed by atoms with Crippen LogP contribution in [0.15, 0.2) is 48.5 Å². The van der Waals surface area contributed by atoms with Gasteiger partial charge in [-0.3, -0.25) is 0 Å². The number of fused-ring (bicyclic) bond motifs is 2. The molecular formula is C23H28N2. The van der Waals surface area contributed by atoms with Gasteiger partial charge in [0.15, 0.2) is 0 Å². The van der Waals surface area contributed by atoms with Gasteiger partial charge in [0.2, 0.25) is 0 Å². The average molecular weight is 332 g/mol. The van der Waals surface area contributed by atoms with Crippen molar-refractivity contribution in [3.63, 3.8) is 0 Å². The Kier molecular flexibility index (Phi) is 3.73. The van der Waals surface area contributed by atoms with Crippen LogP contribution >= 0.6 is 0 Å². The Balaban J connectivity index is 0.000000121. The predicted octanol–water partition coefficient (Wildman–Crippen LogP) is 6.34. The van der Waals surface area contributed by atoms with Crippen LogP contribution in [0.2, 0.25) is 0 Å². The van der Waals surface area contributed by atoms with Crippen molar-refractivity contribution in [2.24, 2.45) is 23.7 Å². The molecule has 4 aliphatic carbocycles. The highest BCUT2D eigenvalue weighted by Gasteiger charge is 2.41. The fraction of sp³-hybridized carbons (Fsp3) is 0.478. The van der Waals surface area contributed by atoms with Crippen molar-refractivity contribution in [3.8, 4) is 0 Å². The summed E-state index contributed by atoms with van der Waals surface area (Å²) < 4.78 is 0. The molecule has 0 unspecified atom stereocenters. The van der Waals surface area contributed by atoms with Crippen molar-refractivity contribution in [1.29, 1.82) is 0 Å². The molecule has 0 spiro atoms. The van der Waals surface area contributed by atoms with E-state index in [1.165, 1.54) is 46.4 Å². The van der Waals surface area contributed by atoms with E-state index >= 15 is 0 Å². The zero-order valence-electron chi connectivity index (χ0n) is 15.1. The molecule has 1 heterocycles. The molecule has 2 aromatic carbocycles. The molecule has 0 saturated heterocycles. The number of rotatable bonds is 0. The minimum absolute atomic E-state index is 1.17. The standard InChI is InChI=1S/C13H12N2.C10H16/c1-15-12-8-4-2-6-10(12)14-11-7-3-5-9-13(11)15;1-7-2-9-4-8(1)5-10(3-7)6-9/h2-9,14H,1H3;7-10H,1-6H2. The summed E-state index contributed by atoms with van der Waals surface area (Å²) in [6.45, 7) is 0. The molecule has 0 aromatic heterocycles. The summed E-state index contributed by atoms with van der Waals surface area (Å²) in [5, 5.41) is 3.43. The predicted molar refractivity (Wildman–Crippen MR) is 106 cm³/mol. The van der Waals surface area contributed by atoms with Gasteiger partial charge in [0.25, 0.3) is 0 Å². The van der Waals surface area contributed by atoms with E-state index in [9.17, 15) is 0 Å². The van der Waals surface area contributed by atoms with E-state index in [2.05, 4.69) is 53.7 Å². The fourth-order valence-corrected chi connectivity index (χ4v) is 6.00. The molecule has 25 heavy (non-hydrogen) atoms. The van der Waals surface area contributed by atoms with Crippen LogP contribution in [-0.4, -0.2) is 7.05 Å². The molecule has 4 saturated carbocycles. The first-order chi connectivity index (χ1) is 12.3. The van der Waals surface area contributed by atoms with Gasteiger partial charge in [-0.15, -0.1) is 0 Å². The summed E-state index contributed by atoms with van der Waals surface area (Å²) in [4.78, 5) is 2.21. The third-order valence-electron chi connectivity index (χ3n) is 6.80. The average Bonchev–Trinajstić information content (AvgIpc) is 2.61. The van der Waals surface area contributed by atoms with Crippen LogP contribution in [0, 0.1) is 23.7 Å². The number of para-hydroxylation sites is 4. The molecule has 1 aliphatic heterocycles. The molecule has 1 N–H and O–H groups in total. The van der Waals surface area contributed by atoms with Gasteiger partial charge >= 0.3 is 0 Å². The van der Waals surface area contributed by atoms with Gasteiger partial charge in [-0.2, -0.15) is 0 Å². The molecule has 130 valence electrons. The van der Waals surface area contributed by atoms with Gasteiger partial charge in [-0.1, -0.05) is 24.3 Å². The van der Waals surface area contributed by atoms with Crippen LogP contribution in [0.4, 0.5) is 22.7 Å². The van der Waals surface area contributed by atoms with Crippen LogP contribution in [-0.2, 0) is 0 Å². The number of hydrogen-bond acceptors (Lipinski definition) is 2. The van der Waals surface area contributed by atoms with Crippen molar-refractivity contribution < 1.29 is 0 Å². The SMILES string of the molecule is C1C2CC3CC1CC(C2)C3.CN1c2ccccc2Nc2ccccc21. The maximum absolute atomic E-state index is 3.43. The van der Waals surface area contributed by atoms with Crippen LogP contribution in [0.3, 0.4) is 0 Å².